The summed E-state index contributed by atoms with van der Waals surface area (Å²) in [6.07, 6.45) is 1.69. The summed E-state index contributed by atoms with van der Waals surface area (Å²) < 4.78 is 21.7. The first kappa shape index (κ1) is 17.7. The second kappa shape index (κ2) is 7.40. The number of ether oxygens (including phenoxy) is 1. The number of nitrogens with zero attached hydrogens (tertiary/aromatic N) is 2. The van der Waals surface area contributed by atoms with Crippen LogP contribution in [0.15, 0.2) is 52.9 Å². The first-order chi connectivity index (χ1) is 11.9. The molecule has 0 saturated heterocycles. The highest BCUT2D eigenvalue weighted by atomic mass is 32.2. The van der Waals surface area contributed by atoms with Gasteiger partial charge < -0.3 is 9.64 Å². The van der Waals surface area contributed by atoms with Crippen LogP contribution in [-0.2, 0) is 17.5 Å². The van der Waals surface area contributed by atoms with E-state index in [1.807, 2.05) is 39.0 Å². The number of fused-ring (bicyclic) bond motifs is 1. The smallest absolute Gasteiger partial charge is 0.144 e. The van der Waals surface area contributed by atoms with E-state index in [9.17, 15) is 4.21 Å². The second-order valence-corrected chi connectivity index (χ2v) is 9.01. The highest BCUT2D eigenvalue weighted by molar-refractivity contribution is 7.85. The maximum Gasteiger partial charge on any atom is 0.144 e. The summed E-state index contributed by atoms with van der Waals surface area (Å²) in [5.41, 5.74) is 3.25. The summed E-state index contributed by atoms with van der Waals surface area (Å²) in [6.45, 7) is 8.12. The van der Waals surface area contributed by atoms with Crippen LogP contribution in [0.1, 0.15) is 31.9 Å². The Labute approximate surface area is 152 Å². The Morgan fingerprint density at radius 2 is 1.96 bits per heavy atom. The van der Waals surface area contributed by atoms with Crippen LogP contribution >= 0.6 is 0 Å². The van der Waals surface area contributed by atoms with Gasteiger partial charge in [0.1, 0.15) is 23.3 Å². The molecule has 0 spiro atoms. The zero-order chi connectivity index (χ0) is 17.9. The molecular weight excluding hydrogens is 332 g/mol. The molecule has 1 aliphatic heterocycles. The Bertz CT molecular complexity index is 782. The lowest BCUT2D eigenvalue weighted by Crippen LogP contribution is -2.32. The highest BCUT2D eigenvalue weighted by Crippen LogP contribution is 2.33. The van der Waals surface area contributed by atoms with Gasteiger partial charge in [-0.05, 0) is 50.1 Å². The van der Waals surface area contributed by atoms with E-state index in [2.05, 4.69) is 39.6 Å². The van der Waals surface area contributed by atoms with Crippen molar-refractivity contribution in [3.8, 4) is 5.75 Å². The lowest BCUT2D eigenvalue weighted by Gasteiger charge is -2.31. The topological polar surface area (TPSA) is 41.9 Å². The number of hydrogen-bond acceptors (Lipinski definition) is 3. The van der Waals surface area contributed by atoms with Gasteiger partial charge in [0.25, 0.3) is 0 Å². The maximum absolute atomic E-state index is 12.1. The Morgan fingerprint density at radius 1 is 1.20 bits per heavy atom. The van der Waals surface area contributed by atoms with Gasteiger partial charge in [0.2, 0.25) is 0 Å². The first-order valence-corrected chi connectivity index (χ1v) is 9.56. The van der Waals surface area contributed by atoms with Crippen molar-refractivity contribution >= 4 is 22.9 Å². The van der Waals surface area contributed by atoms with Crippen molar-refractivity contribution in [1.82, 2.24) is 0 Å². The molecule has 25 heavy (non-hydrogen) atoms. The molecule has 2 aromatic carbocycles. The van der Waals surface area contributed by atoms with E-state index in [-0.39, 0.29) is 4.75 Å². The van der Waals surface area contributed by atoms with Crippen LogP contribution in [0, 0.1) is 0 Å². The molecule has 4 nitrogen and oxygen atoms in total. The summed E-state index contributed by atoms with van der Waals surface area (Å²) in [7, 11) is -1.26. The van der Waals surface area contributed by atoms with Crippen molar-refractivity contribution in [3.63, 3.8) is 0 Å². The van der Waals surface area contributed by atoms with E-state index in [0.717, 1.165) is 30.1 Å². The zero-order valence-electron chi connectivity index (χ0n) is 14.9. The molecule has 0 N–H and O–H groups in total. The monoisotopic (exact) mass is 356 g/mol. The van der Waals surface area contributed by atoms with E-state index in [1.54, 1.807) is 6.21 Å². The molecule has 0 aliphatic carbocycles. The third-order valence-electron chi connectivity index (χ3n) is 3.98. The summed E-state index contributed by atoms with van der Waals surface area (Å²) in [4.78, 5) is 2.31. The van der Waals surface area contributed by atoms with Gasteiger partial charge in [0.05, 0.1) is 17.0 Å². The third-order valence-corrected chi connectivity index (χ3v) is 5.32. The molecule has 1 heterocycles. The van der Waals surface area contributed by atoms with Crippen LogP contribution in [0.25, 0.3) is 0 Å². The fourth-order valence-electron chi connectivity index (χ4n) is 2.61. The first-order valence-electron chi connectivity index (χ1n) is 8.45. The van der Waals surface area contributed by atoms with Crippen molar-refractivity contribution in [1.29, 1.82) is 0 Å². The number of hydrogen-bond donors (Lipinski definition) is 0. The Hall–Kier alpha value is -2.14. The lowest BCUT2D eigenvalue weighted by molar-refractivity contribution is 0.307. The average Bonchev–Trinajstić information content (AvgIpc) is 2.60. The quantitative estimate of drug-likeness (QED) is 0.779. The van der Waals surface area contributed by atoms with Gasteiger partial charge in [-0.15, -0.1) is 0 Å². The molecule has 132 valence electrons. The summed E-state index contributed by atoms with van der Waals surface area (Å²) in [5.74, 6) is 0.885. The molecule has 2 aromatic rings. The molecule has 1 unspecified atom stereocenters. The summed E-state index contributed by atoms with van der Waals surface area (Å²) >= 11 is 0. The van der Waals surface area contributed by atoms with E-state index >= 15 is 0 Å². The minimum atomic E-state index is -1.26. The van der Waals surface area contributed by atoms with Crippen molar-refractivity contribution in [3.05, 3.63) is 59.7 Å². The van der Waals surface area contributed by atoms with Crippen molar-refractivity contribution in [2.45, 2.75) is 32.1 Å². The molecule has 3 rings (SSSR count). The third kappa shape index (κ3) is 4.48. The molecule has 1 aliphatic rings. The van der Waals surface area contributed by atoms with Gasteiger partial charge in [0, 0.05) is 12.8 Å². The molecular formula is C20H24N2O2S. The van der Waals surface area contributed by atoms with Crippen molar-refractivity contribution in [2.75, 3.05) is 18.1 Å². The van der Waals surface area contributed by atoms with Gasteiger partial charge in [-0.25, -0.2) is 4.21 Å². The minimum absolute atomic E-state index is 0.354. The summed E-state index contributed by atoms with van der Waals surface area (Å²) in [6, 6.07) is 16.4. The van der Waals surface area contributed by atoms with Crippen molar-refractivity contribution in [2.24, 2.45) is 4.40 Å². The van der Waals surface area contributed by atoms with Gasteiger partial charge in [-0.1, -0.05) is 30.3 Å². The van der Waals surface area contributed by atoms with Crippen molar-refractivity contribution < 1.29 is 8.95 Å². The summed E-state index contributed by atoms with van der Waals surface area (Å²) in [5, 5.41) is 0. The van der Waals surface area contributed by atoms with Crippen LogP contribution in [0.5, 0.6) is 5.75 Å². The normalized spacial score (nSPS) is 15.7. The molecule has 0 bridgehead atoms. The molecule has 0 fully saturated rings. The van der Waals surface area contributed by atoms with E-state index < -0.39 is 11.0 Å². The molecule has 0 saturated carbocycles. The molecule has 5 heteroatoms. The Kier molecular flexibility index (Phi) is 5.23. The SMILES string of the molecule is CC(C)(C)S(=O)/N=C/c1ccc2c(c1)N(Cc1ccccc1)CCO2. The Morgan fingerprint density at radius 3 is 2.68 bits per heavy atom. The standard InChI is InChI=1S/C20H24N2O2S/c1-20(2,3)25(23)21-14-17-9-10-19-18(13-17)22(11-12-24-19)15-16-7-5-4-6-8-16/h4-10,13-14H,11-12,15H2,1-3H3/b21-14+. The average molecular weight is 356 g/mol. The van der Waals surface area contributed by atoms with E-state index in [4.69, 9.17) is 4.74 Å². The number of benzene rings is 2. The molecule has 0 aromatic heterocycles. The fourth-order valence-corrected chi connectivity index (χ4v) is 3.14. The van der Waals surface area contributed by atoms with Gasteiger partial charge >= 0.3 is 0 Å². The second-order valence-electron chi connectivity index (χ2n) is 7.08. The van der Waals surface area contributed by atoms with Gasteiger partial charge in [-0.3, -0.25) is 0 Å². The largest absolute Gasteiger partial charge is 0.490 e. The van der Waals surface area contributed by atoms with Crippen LogP contribution in [0.4, 0.5) is 5.69 Å². The molecule has 0 radical (unpaired) electrons. The molecule has 0 amide bonds. The van der Waals surface area contributed by atoms with Crippen LogP contribution < -0.4 is 9.64 Å². The predicted molar refractivity (Wildman–Crippen MR) is 105 cm³/mol. The lowest BCUT2D eigenvalue weighted by atomic mass is 10.1. The molecule has 1 atom stereocenters. The van der Waals surface area contributed by atoms with Crippen LogP contribution in [0.2, 0.25) is 0 Å². The van der Waals surface area contributed by atoms with Crippen LogP contribution in [-0.4, -0.2) is 28.3 Å². The minimum Gasteiger partial charge on any atom is -0.490 e. The van der Waals surface area contributed by atoms with Crippen LogP contribution in [0.3, 0.4) is 0 Å². The predicted octanol–water partition coefficient (Wildman–Crippen LogP) is 3.97. The maximum atomic E-state index is 12.1. The van der Waals surface area contributed by atoms with E-state index in [1.165, 1.54) is 5.56 Å². The van der Waals surface area contributed by atoms with E-state index in [0.29, 0.717) is 6.61 Å². The highest BCUT2D eigenvalue weighted by Gasteiger charge is 2.20. The van der Waals surface area contributed by atoms with Gasteiger partial charge in [-0.2, -0.15) is 4.40 Å². The zero-order valence-corrected chi connectivity index (χ0v) is 15.8. The number of anilines is 1. The van der Waals surface area contributed by atoms with Gasteiger partial charge in [0.15, 0.2) is 0 Å². The Balaban J connectivity index is 1.83. The number of rotatable bonds is 4. The fraction of sp³-hybridized carbons (Fsp3) is 0.350.